The van der Waals surface area contributed by atoms with Crippen LogP contribution in [0.15, 0.2) is 48.5 Å². The van der Waals surface area contributed by atoms with Crippen molar-refractivity contribution in [2.45, 2.75) is 45.6 Å². The van der Waals surface area contributed by atoms with E-state index in [1.807, 2.05) is 45.0 Å². The fraction of sp³-hybridized carbons (Fsp3) is 0.348. The third-order valence-corrected chi connectivity index (χ3v) is 4.61. The average molecular weight is 393 g/mol. The maximum Gasteiger partial charge on any atom is 0.251 e. The number of hydrogen-bond donors (Lipinski definition) is 2. The molecule has 0 aromatic heterocycles. The molecule has 0 saturated carbocycles. The molecule has 152 valence electrons. The van der Waals surface area contributed by atoms with Crippen LogP contribution in [0.25, 0.3) is 0 Å². The summed E-state index contributed by atoms with van der Waals surface area (Å²) in [6, 6.07) is 14.3. The van der Waals surface area contributed by atoms with Gasteiger partial charge in [-0.15, -0.1) is 0 Å². The first kappa shape index (κ1) is 20.6. The van der Waals surface area contributed by atoms with Crippen molar-refractivity contribution < 1.29 is 14.4 Å². The van der Waals surface area contributed by atoms with E-state index in [0.29, 0.717) is 17.7 Å². The Morgan fingerprint density at radius 1 is 1.00 bits per heavy atom. The first-order valence-electron chi connectivity index (χ1n) is 9.83. The van der Waals surface area contributed by atoms with Gasteiger partial charge in [0, 0.05) is 35.4 Å². The molecule has 0 bridgehead atoms. The van der Waals surface area contributed by atoms with Crippen LogP contribution in [-0.4, -0.2) is 29.8 Å². The molecule has 6 nitrogen and oxygen atoms in total. The molecule has 1 fully saturated rings. The minimum absolute atomic E-state index is 0.137. The van der Waals surface area contributed by atoms with E-state index in [9.17, 15) is 14.4 Å². The van der Waals surface area contributed by atoms with Gasteiger partial charge >= 0.3 is 0 Å². The van der Waals surface area contributed by atoms with Gasteiger partial charge in [-0.05, 0) is 69.2 Å². The van der Waals surface area contributed by atoms with Crippen LogP contribution in [0, 0.1) is 0 Å². The predicted octanol–water partition coefficient (Wildman–Crippen LogP) is 3.52. The lowest BCUT2D eigenvalue weighted by Gasteiger charge is -2.20. The molecule has 0 unspecified atom stereocenters. The van der Waals surface area contributed by atoms with Crippen molar-refractivity contribution >= 4 is 29.1 Å². The second kappa shape index (κ2) is 8.47. The first-order chi connectivity index (χ1) is 13.7. The third-order valence-electron chi connectivity index (χ3n) is 4.61. The quantitative estimate of drug-likeness (QED) is 0.816. The highest BCUT2D eigenvalue weighted by molar-refractivity contribution is 5.97. The van der Waals surface area contributed by atoms with Gasteiger partial charge in [-0.1, -0.05) is 12.1 Å². The molecule has 6 heteroatoms. The molecule has 29 heavy (non-hydrogen) atoms. The van der Waals surface area contributed by atoms with Crippen molar-refractivity contribution in [1.29, 1.82) is 0 Å². The van der Waals surface area contributed by atoms with Crippen molar-refractivity contribution in [3.8, 4) is 0 Å². The minimum Gasteiger partial charge on any atom is -0.347 e. The molecule has 0 radical (unpaired) electrons. The summed E-state index contributed by atoms with van der Waals surface area (Å²) in [7, 11) is 0. The lowest BCUT2D eigenvalue weighted by atomic mass is 10.1. The van der Waals surface area contributed by atoms with Gasteiger partial charge in [0.05, 0.1) is 6.42 Å². The van der Waals surface area contributed by atoms with Crippen LogP contribution in [0.3, 0.4) is 0 Å². The van der Waals surface area contributed by atoms with Gasteiger partial charge < -0.3 is 15.5 Å². The first-order valence-corrected chi connectivity index (χ1v) is 9.83. The van der Waals surface area contributed by atoms with Gasteiger partial charge in [-0.2, -0.15) is 0 Å². The van der Waals surface area contributed by atoms with Crippen molar-refractivity contribution in [1.82, 2.24) is 5.32 Å². The Hall–Kier alpha value is -3.15. The second-order valence-electron chi connectivity index (χ2n) is 8.32. The van der Waals surface area contributed by atoms with Crippen LogP contribution >= 0.6 is 0 Å². The monoisotopic (exact) mass is 393 g/mol. The molecule has 1 aliphatic rings. The SMILES string of the molecule is CC(C)(C)NC(=O)c1ccc(NC(=O)Cc2ccc(N3CCCC3=O)cc2)cc1. The number of rotatable bonds is 5. The average Bonchev–Trinajstić information content (AvgIpc) is 3.07. The van der Waals surface area contributed by atoms with E-state index in [2.05, 4.69) is 10.6 Å². The van der Waals surface area contributed by atoms with Crippen molar-refractivity contribution in [3.05, 3.63) is 59.7 Å². The van der Waals surface area contributed by atoms with Crippen LogP contribution < -0.4 is 15.5 Å². The van der Waals surface area contributed by atoms with Gasteiger partial charge in [0.2, 0.25) is 11.8 Å². The number of nitrogens with zero attached hydrogens (tertiary/aromatic N) is 1. The van der Waals surface area contributed by atoms with Crippen LogP contribution in [0.2, 0.25) is 0 Å². The molecule has 1 aliphatic heterocycles. The Bertz CT molecular complexity index is 896. The summed E-state index contributed by atoms with van der Waals surface area (Å²) >= 11 is 0. The topological polar surface area (TPSA) is 78.5 Å². The lowest BCUT2D eigenvalue weighted by molar-refractivity contribution is -0.117. The summed E-state index contributed by atoms with van der Waals surface area (Å²) in [5.74, 6) is -0.135. The molecule has 0 aliphatic carbocycles. The molecule has 2 aromatic carbocycles. The Morgan fingerprint density at radius 3 is 2.21 bits per heavy atom. The molecule has 1 saturated heterocycles. The van der Waals surface area contributed by atoms with E-state index in [1.54, 1.807) is 29.2 Å². The molecule has 0 atom stereocenters. The lowest BCUT2D eigenvalue weighted by Crippen LogP contribution is -2.40. The molecule has 0 spiro atoms. The smallest absolute Gasteiger partial charge is 0.251 e. The molecule has 3 amide bonds. The van der Waals surface area contributed by atoms with Crippen LogP contribution in [0.1, 0.15) is 49.5 Å². The van der Waals surface area contributed by atoms with Crippen LogP contribution in [-0.2, 0) is 16.0 Å². The number of hydrogen-bond acceptors (Lipinski definition) is 3. The molecule has 1 heterocycles. The summed E-state index contributed by atoms with van der Waals surface area (Å²) in [6.45, 7) is 6.53. The van der Waals surface area contributed by atoms with E-state index in [1.165, 1.54) is 0 Å². The number of carbonyl (C=O) groups is 3. The molecular formula is C23H27N3O3. The standard InChI is InChI=1S/C23H27N3O3/c1-23(2,3)25-22(29)17-8-10-18(11-9-17)24-20(27)15-16-6-12-19(13-7-16)26-14-4-5-21(26)28/h6-13H,4-5,14-15H2,1-3H3,(H,24,27)(H,25,29). The summed E-state index contributed by atoms with van der Waals surface area (Å²) in [4.78, 5) is 38.1. The number of carbonyl (C=O) groups excluding carboxylic acids is 3. The predicted molar refractivity (Wildman–Crippen MR) is 114 cm³/mol. The zero-order chi connectivity index (χ0) is 21.0. The van der Waals surface area contributed by atoms with Crippen LogP contribution in [0.4, 0.5) is 11.4 Å². The fourth-order valence-electron chi connectivity index (χ4n) is 3.22. The molecule has 3 rings (SSSR count). The molecule has 2 aromatic rings. The zero-order valence-corrected chi connectivity index (χ0v) is 17.1. The van der Waals surface area contributed by atoms with E-state index in [-0.39, 0.29) is 29.7 Å². The van der Waals surface area contributed by atoms with Crippen molar-refractivity contribution in [2.24, 2.45) is 0 Å². The van der Waals surface area contributed by atoms with E-state index in [0.717, 1.165) is 24.2 Å². The van der Waals surface area contributed by atoms with Gasteiger partial charge in [0.1, 0.15) is 0 Å². The van der Waals surface area contributed by atoms with Gasteiger partial charge in [0.15, 0.2) is 0 Å². The van der Waals surface area contributed by atoms with Gasteiger partial charge in [-0.25, -0.2) is 0 Å². The van der Waals surface area contributed by atoms with Gasteiger partial charge in [0.25, 0.3) is 5.91 Å². The van der Waals surface area contributed by atoms with Crippen molar-refractivity contribution in [2.75, 3.05) is 16.8 Å². The highest BCUT2D eigenvalue weighted by Gasteiger charge is 2.21. The summed E-state index contributed by atoms with van der Waals surface area (Å²) in [6.07, 6.45) is 1.72. The highest BCUT2D eigenvalue weighted by Crippen LogP contribution is 2.22. The Balaban J connectivity index is 1.55. The fourth-order valence-corrected chi connectivity index (χ4v) is 3.22. The van der Waals surface area contributed by atoms with Crippen molar-refractivity contribution in [3.63, 3.8) is 0 Å². The maximum atomic E-state index is 12.3. The Labute approximate surface area is 171 Å². The summed E-state index contributed by atoms with van der Waals surface area (Å²) < 4.78 is 0. The largest absolute Gasteiger partial charge is 0.347 e. The molecule has 2 N–H and O–H groups in total. The van der Waals surface area contributed by atoms with E-state index >= 15 is 0 Å². The van der Waals surface area contributed by atoms with Gasteiger partial charge in [-0.3, -0.25) is 14.4 Å². The minimum atomic E-state index is -0.304. The number of benzene rings is 2. The normalized spacial score (nSPS) is 14.0. The summed E-state index contributed by atoms with van der Waals surface area (Å²) in [5.41, 5.74) is 2.63. The second-order valence-corrected chi connectivity index (χ2v) is 8.32. The molecular weight excluding hydrogens is 366 g/mol. The van der Waals surface area contributed by atoms with E-state index < -0.39 is 0 Å². The highest BCUT2D eigenvalue weighted by atomic mass is 16.2. The van der Waals surface area contributed by atoms with E-state index in [4.69, 9.17) is 0 Å². The maximum absolute atomic E-state index is 12.3. The number of anilines is 2. The third kappa shape index (κ3) is 5.67. The van der Waals surface area contributed by atoms with Crippen LogP contribution in [0.5, 0.6) is 0 Å². The number of nitrogens with one attached hydrogen (secondary N) is 2. The summed E-state index contributed by atoms with van der Waals surface area (Å²) in [5, 5.41) is 5.75. The number of amides is 3. The Morgan fingerprint density at radius 2 is 1.66 bits per heavy atom. The Kier molecular flexibility index (Phi) is 6.01. The zero-order valence-electron chi connectivity index (χ0n) is 17.1.